The van der Waals surface area contributed by atoms with Gasteiger partial charge < -0.3 is 15.6 Å². The Kier molecular flexibility index (Phi) is 5.04. The van der Waals surface area contributed by atoms with Crippen LogP contribution >= 0.6 is 27.7 Å². The molecule has 25 heavy (non-hydrogen) atoms. The summed E-state index contributed by atoms with van der Waals surface area (Å²) in [5.74, 6) is 4.36. The third-order valence-electron chi connectivity index (χ3n) is 3.01. The average molecular weight is 430 g/mol. The highest BCUT2D eigenvalue weighted by atomic mass is 79.9. The van der Waals surface area contributed by atoms with Crippen molar-refractivity contribution in [3.8, 4) is 11.6 Å². The highest BCUT2D eigenvalue weighted by molar-refractivity contribution is 9.10. The fourth-order valence-electron chi connectivity index (χ4n) is 1.92. The van der Waals surface area contributed by atoms with Gasteiger partial charge in [-0.25, -0.2) is 13.5 Å². The van der Waals surface area contributed by atoms with Crippen molar-refractivity contribution in [1.82, 2.24) is 14.9 Å². The molecule has 3 aromatic rings. The van der Waals surface area contributed by atoms with E-state index in [1.54, 1.807) is 12.1 Å². The number of rotatable bonds is 5. The number of benzene rings is 1. The van der Waals surface area contributed by atoms with E-state index in [0.29, 0.717) is 17.7 Å². The van der Waals surface area contributed by atoms with Gasteiger partial charge in [-0.3, -0.25) is 4.79 Å². The van der Waals surface area contributed by atoms with Gasteiger partial charge in [0.15, 0.2) is 11.6 Å². The summed E-state index contributed by atoms with van der Waals surface area (Å²) in [7, 11) is 0. The molecule has 1 aromatic carbocycles. The highest BCUT2D eigenvalue weighted by Gasteiger charge is 2.17. The number of nitrogens with zero attached hydrogens (tertiary/aromatic N) is 3. The number of nitrogen functional groups attached to an aromatic ring is 1. The van der Waals surface area contributed by atoms with Crippen LogP contribution in [-0.2, 0) is 4.79 Å². The summed E-state index contributed by atoms with van der Waals surface area (Å²) in [6.45, 7) is 0. The molecule has 130 valence electrons. The summed E-state index contributed by atoms with van der Waals surface area (Å²) in [5, 5.41) is 10.4. The smallest absolute Gasteiger partial charge is 0.234 e. The van der Waals surface area contributed by atoms with Crippen LogP contribution in [0, 0.1) is 11.6 Å². The first-order chi connectivity index (χ1) is 12.0. The normalized spacial score (nSPS) is 10.8. The van der Waals surface area contributed by atoms with Crippen molar-refractivity contribution in [2.24, 2.45) is 0 Å². The molecule has 0 fully saturated rings. The summed E-state index contributed by atoms with van der Waals surface area (Å²) < 4.78 is 33.2. The van der Waals surface area contributed by atoms with Gasteiger partial charge >= 0.3 is 0 Å². The van der Waals surface area contributed by atoms with Gasteiger partial charge in [-0.2, -0.15) is 0 Å². The highest BCUT2D eigenvalue weighted by Crippen LogP contribution is 2.27. The lowest BCUT2D eigenvalue weighted by Crippen LogP contribution is -2.17. The Morgan fingerprint density at radius 2 is 2.20 bits per heavy atom. The van der Waals surface area contributed by atoms with Crippen LogP contribution < -0.4 is 11.2 Å². The number of carbonyl (C=O) groups excluding carboxylic acids is 1. The van der Waals surface area contributed by atoms with Gasteiger partial charge in [0.05, 0.1) is 17.7 Å². The van der Waals surface area contributed by atoms with E-state index in [4.69, 9.17) is 10.3 Å². The van der Waals surface area contributed by atoms with E-state index in [9.17, 15) is 13.6 Å². The Morgan fingerprint density at radius 1 is 1.40 bits per heavy atom. The largest absolute Gasteiger partial charge is 0.461 e. The number of nitrogens with two attached hydrogens (primary N) is 1. The SMILES string of the molecule is Nn1c(SCC(=O)Nc2c(F)cc(F)cc2Br)nnc1-c1ccco1. The number of amides is 1. The first kappa shape index (κ1) is 17.4. The Labute approximate surface area is 152 Å². The molecule has 0 spiro atoms. The third kappa shape index (κ3) is 3.82. The zero-order valence-electron chi connectivity index (χ0n) is 12.4. The zero-order valence-corrected chi connectivity index (χ0v) is 14.8. The molecule has 3 rings (SSSR count). The summed E-state index contributed by atoms with van der Waals surface area (Å²) >= 11 is 4.01. The molecule has 0 unspecified atom stereocenters. The monoisotopic (exact) mass is 429 g/mol. The molecule has 0 bridgehead atoms. The summed E-state index contributed by atoms with van der Waals surface area (Å²) in [4.78, 5) is 12.0. The molecule has 3 N–H and O–H groups in total. The average Bonchev–Trinajstić information content (AvgIpc) is 3.18. The number of carbonyl (C=O) groups is 1. The number of aromatic nitrogens is 3. The molecular formula is C14H10BrF2N5O2S. The molecular weight excluding hydrogens is 420 g/mol. The zero-order chi connectivity index (χ0) is 18.0. The topological polar surface area (TPSA) is 99.0 Å². The van der Waals surface area contributed by atoms with Crippen LogP contribution in [0.5, 0.6) is 0 Å². The van der Waals surface area contributed by atoms with E-state index in [1.807, 2.05) is 0 Å². The minimum absolute atomic E-state index is 0.100. The Balaban J connectivity index is 1.66. The molecule has 0 saturated heterocycles. The Morgan fingerprint density at radius 3 is 2.88 bits per heavy atom. The minimum Gasteiger partial charge on any atom is -0.461 e. The lowest BCUT2D eigenvalue weighted by molar-refractivity contribution is -0.113. The van der Waals surface area contributed by atoms with Crippen molar-refractivity contribution < 1.29 is 18.0 Å². The number of hydrogen-bond donors (Lipinski definition) is 2. The van der Waals surface area contributed by atoms with Crippen LogP contribution in [0.25, 0.3) is 11.6 Å². The van der Waals surface area contributed by atoms with Crippen molar-refractivity contribution in [2.45, 2.75) is 5.16 Å². The Hall–Kier alpha value is -2.40. The molecule has 0 aliphatic heterocycles. The van der Waals surface area contributed by atoms with Crippen LogP contribution in [0.1, 0.15) is 0 Å². The minimum atomic E-state index is -0.882. The van der Waals surface area contributed by atoms with Crippen LogP contribution in [0.2, 0.25) is 0 Å². The summed E-state index contributed by atoms with van der Waals surface area (Å²) in [5.41, 5.74) is -0.141. The molecule has 0 saturated carbocycles. The van der Waals surface area contributed by atoms with Gasteiger partial charge in [0.25, 0.3) is 0 Å². The second kappa shape index (κ2) is 7.23. The van der Waals surface area contributed by atoms with Gasteiger partial charge in [0.1, 0.15) is 5.82 Å². The van der Waals surface area contributed by atoms with Crippen LogP contribution in [-0.4, -0.2) is 26.5 Å². The molecule has 0 atom stereocenters. The third-order valence-corrected chi connectivity index (χ3v) is 4.58. The first-order valence-electron chi connectivity index (χ1n) is 6.77. The molecule has 1 amide bonds. The number of nitrogens with one attached hydrogen (secondary N) is 1. The van der Waals surface area contributed by atoms with Gasteiger partial charge in [-0.15, -0.1) is 10.2 Å². The fourth-order valence-corrected chi connectivity index (χ4v) is 3.08. The van der Waals surface area contributed by atoms with Crippen molar-refractivity contribution in [3.05, 3.63) is 46.6 Å². The fraction of sp³-hybridized carbons (Fsp3) is 0.0714. The van der Waals surface area contributed by atoms with E-state index in [-0.39, 0.29) is 21.1 Å². The molecule has 2 aromatic heterocycles. The van der Waals surface area contributed by atoms with E-state index in [2.05, 4.69) is 31.4 Å². The van der Waals surface area contributed by atoms with Gasteiger partial charge in [0.2, 0.25) is 16.9 Å². The predicted octanol–water partition coefficient (Wildman–Crippen LogP) is 3.02. The van der Waals surface area contributed by atoms with Crippen molar-refractivity contribution in [1.29, 1.82) is 0 Å². The number of furan rings is 1. The Bertz CT molecular complexity index is 893. The second-order valence-electron chi connectivity index (χ2n) is 4.73. The quantitative estimate of drug-likeness (QED) is 0.477. The van der Waals surface area contributed by atoms with Crippen molar-refractivity contribution in [3.63, 3.8) is 0 Å². The standard InChI is InChI=1S/C14H10BrF2N5O2S/c15-8-4-7(16)5-9(17)12(8)19-11(23)6-25-14-21-20-13(22(14)18)10-2-1-3-24-10/h1-5H,6,18H2,(H,19,23). The molecule has 7 nitrogen and oxygen atoms in total. The van der Waals surface area contributed by atoms with Gasteiger partial charge in [-0.05, 0) is 34.1 Å². The summed E-state index contributed by atoms with van der Waals surface area (Å²) in [6.07, 6.45) is 1.47. The molecule has 11 heteroatoms. The lowest BCUT2D eigenvalue weighted by Gasteiger charge is -2.08. The van der Waals surface area contributed by atoms with Crippen molar-refractivity contribution in [2.75, 3.05) is 16.9 Å². The first-order valence-corrected chi connectivity index (χ1v) is 8.55. The number of hydrogen-bond acceptors (Lipinski definition) is 6. The molecule has 2 heterocycles. The second-order valence-corrected chi connectivity index (χ2v) is 6.53. The maximum Gasteiger partial charge on any atom is 0.234 e. The van der Waals surface area contributed by atoms with Gasteiger partial charge in [0, 0.05) is 10.5 Å². The summed E-state index contributed by atoms with van der Waals surface area (Å²) in [6, 6.07) is 5.08. The van der Waals surface area contributed by atoms with E-state index in [0.717, 1.165) is 17.8 Å². The lowest BCUT2D eigenvalue weighted by atomic mass is 10.3. The van der Waals surface area contributed by atoms with Crippen LogP contribution in [0.3, 0.4) is 0 Å². The maximum absolute atomic E-state index is 13.7. The predicted molar refractivity (Wildman–Crippen MR) is 91.3 cm³/mol. The van der Waals surface area contributed by atoms with Crippen LogP contribution in [0.15, 0.2) is 44.6 Å². The van der Waals surface area contributed by atoms with Crippen molar-refractivity contribution >= 4 is 39.3 Å². The van der Waals surface area contributed by atoms with Gasteiger partial charge in [-0.1, -0.05) is 11.8 Å². The van der Waals surface area contributed by atoms with Crippen LogP contribution in [0.4, 0.5) is 14.5 Å². The van der Waals surface area contributed by atoms with E-state index in [1.165, 1.54) is 10.9 Å². The number of thioether (sulfide) groups is 1. The van der Waals surface area contributed by atoms with E-state index < -0.39 is 17.5 Å². The maximum atomic E-state index is 13.7. The molecule has 0 aliphatic rings. The molecule has 0 aliphatic carbocycles. The number of anilines is 1. The molecule has 0 radical (unpaired) electrons. The number of halogens is 3. The van der Waals surface area contributed by atoms with E-state index >= 15 is 0 Å².